The monoisotopic (exact) mass is 300 g/mol. The van der Waals surface area contributed by atoms with Crippen LogP contribution < -0.4 is 5.32 Å². The Morgan fingerprint density at radius 3 is 2.85 bits per heavy atom. The summed E-state index contributed by atoms with van der Waals surface area (Å²) in [5, 5.41) is 11.3. The number of hydrogen-bond donors (Lipinski definition) is 2. The van der Waals surface area contributed by atoms with Crippen LogP contribution in [0.15, 0.2) is 12.1 Å². The highest BCUT2D eigenvalue weighted by molar-refractivity contribution is 6.29. The van der Waals surface area contributed by atoms with Crippen molar-refractivity contribution in [3.05, 3.63) is 28.5 Å². The van der Waals surface area contributed by atoms with Crippen molar-refractivity contribution in [1.29, 1.82) is 0 Å². The van der Waals surface area contributed by atoms with Crippen molar-refractivity contribution in [2.45, 2.75) is 19.8 Å². The number of aromatic nitrogens is 1. The number of hydrogen-bond acceptors (Lipinski definition) is 4. The first kappa shape index (κ1) is 16.4. The quantitative estimate of drug-likeness (QED) is 0.561. The first-order valence-electron chi connectivity index (χ1n) is 6.27. The Kier molecular flexibility index (Phi) is 6.97. The number of aliphatic carboxylic acids is 1. The van der Waals surface area contributed by atoms with E-state index in [1.807, 2.05) is 6.92 Å². The summed E-state index contributed by atoms with van der Waals surface area (Å²) in [6.07, 6.45) is 1.67. The predicted octanol–water partition coefficient (Wildman–Crippen LogP) is 1.52. The van der Waals surface area contributed by atoms with E-state index in [9.17, 15) is 9.59 Å². The van der Waals surface area contributed by atoms with E-state index in [0.29, 0.717) is 5.56 Å². The molecule has 6 nitrogen and oxygen atoms in total. The Labute approximate surface area is 122 Å². The van der Waals surface area contributed by atoms with Gasteiger partial charge in [-0.2, -0.15) is 0 Å². The minimum Gasteiger partial charge on any atom is -0.480 e. The van der Waals surface area contributed by atoms with E-state index >= 15 is 0 Å². The number of aryl methyl sites for hydroxylation is 1. The summed E-state index contributed by atoms with van der Waals surface area (Å²) in [4.78, 5) is 26.2. The second kappa shape index (κ2) is 8.50. The van der Waals surface area contributed by atoms with Gasteiger partial charge in [0.1, 0.15) is 11.8 Å². The van der Waals surface area contributed by atoms with Gasteiger partial charge in [0.25, 0.3) is 5.91 Å². The highest BCUT2D eigenvalue weighted by Gasteiger charge is 2.08. The van der Waals surface area contributed by atoms with E-state index in [0.717, 1.165) is 18.5 Å². The van der Waals surface area contributed by atoms with Crippen LogP contribution in [-0.2, 0) is 16.0 Å². The van der Waals surface area contributed by atoms with Crippen LogP contribution in [0.3, 0.4) is 0 Å². The molecule has 0 aliphatic heterocycles. The molecule has 0 aromatic carbocycles. The molecule has 0 radical (unpaired) electrons. The number of nitrogens with one attached hydrogen (secondary N) is 1. The molecule has 0 saturated heterocycles. The van der Waals surface area contributed by atoms with Crippen LogP contribution >= 0.6 is 11.6 Å². The molecule has 1 amide bonds. The van der Waals surface area contributed by atoms with Gasteiger partial charge in [-0.3, -0.25) is 4.79 Å². The van der Waals surface area contributed by atoms with Gasteiger partial charge in [0.05, 0.1) is 6.61 Å². The molecule has 2 N–H and O–H groups in total. The summed E-state index contributed by atoms with van der Waals surface area (Å²) in [5.41, 5.74) is 1.21. The Morgan fingerprint density at radius 1 is 1.45 bits per heavy atom. The number of carboxylic acids is 1. The number of nitrogens with zero attached hydrogens (tertiary/aromatic N) is 1. The molecule has 0 unspecified atom stereocenters. The van der Waals surface area contributed by atoms with Gasteiger partial charge < -0.3 is 15.2 Å². The van der Waals surface area contributed by atoms with Crippen LogP contribution in [0.1, 0.15) is 29.4 Å². The second-order valence-corrected chi connectivity index (χ2v) is 4.51. The molecule has 0 spiro atoms. The number of rotatable bonds is 8. The first-order chi connectivity index (χ1) is 9.52. The van der Waals surface area contributed by atoms with Gasteiger partial charge in [0, 0.05) is 17.8 Å². The van der Waals surface area contributed by atoms with Crippen molar-refractivity contribution in [2.24, 2.45) is 0 Å². The maximum absolute atomic E-state index is 11.9. The maximum Gasteiger partial charge on any atom is 0.329 e. The summed E-state index contributed by atoms with van der Waals surface area (Å²) in [6.45, 7) is 2.01. The molecule has 110 valence electrons. The number of ether oxygens (including phenoxy) is 1. The van der Waals surface area contributed by atoms with E-state index in [1.165, 1.54) is 6.07 Å². The van der Waals surface area contributed by atoms with E-state index in [1.54, 1.807) is 6.07 Å². The molecule has 0 aliphatic rings. The predicted molar refractivity (Wildman–Crippen MR) is 74.0 cm³/mol. The highest BCUT2D eigenvalue weighted by atomic mass is 35.5. The van der Waals surface area contributed by atoms with Crippen molar-refractivity contribution >= 4 is 23.5 Å². The van der Waals surface area contributed by atoms with Crippen LogP contribution in [0.25, 0.3) is 0 Å². The van der Waals surface area contributed by atoms with Gasteiger partial charge >= 0.3 is 5.97 Å². The van der Waals surface area contributed by atoms with Crippen molar-refractivity contribution in [2.75, 3.05) is 19.8 Å². The van der Waals surface area contributed by atoms with Crippen molar-refractivity contribution in [3.8, 4) is 0 Å². The van der Waals surface area contributed by atoms with Gasteiger partial charge in [-0.05, 0) is 18.6 Å². The molecule has 1 aromatic heterocycles. The lowest BCUT2D eigenvalue weighted by Crippen LogP contribution is -2.28. The van der Waals surface area contributed by atoms with Crippen LogP contribution in [0.2, 0.25) is 5.15 Å². The number of amides is 1. The fourth-order valence-corrected chi connectivity index (χ4v) is 1.79. The molecule has 0 aliphatic carbocycles. The summed E-state index contributed by atoms with van der Waals surface area (Å²) in [6, 6.07) is 3.19. The van der Waals surface area contributed by atoms with Crippen LogP contribution in [0, 0.1) is 0 Å². The first-order valence-corrected chi connectivity index (χ1v) is 6.65. The lowest BCUT2D eigenvalue weighted by atomic mass is 10.1. The maximum atomic E-state index is 11.9. The summed E-state index contributed by atoms with van der Waals surface area (Å²) < 4.78 is 4.81. The molecule has 0 saturated carbocycles. The average molecular weight is 301 g/mol. The fraction of sp³-hybridized carbons (Fsp3) is 0.462. The molecular weight excluding hydrogens is 284 g/mol. The van der Waals surface area contributed by atoms with Crippen LogP contribution in [0.4, 0.5) is 0 Å². The third-order valence-corrected chi connectivity index (χ3v) is 2.57. The lowest BCUT2D eigenvalue weighted by Gasteiger charge is -2.07. The minimum atomic E-state index is -1.04. The van der Waals surface area contributed by atoms with Crippen LogP contribution in [-0.4, -0.2) is 41.7 Å². The van der Waals surface area contributed by atoms with E-state index in [2.05, 4.69) is 10.3 Å². The Hall–Kier alpha value is -1.66. The van der Waals surface area contributed by atoms with Gasteiger partial charge in [0.15, 0.2) is 0 Å². The van der Waals surface area contributed by atoms with Crippen molar-refractivity contribution < 1.29 is 19.4 Å². The lowest BCUT2D eigenvalue weighted by molar-refractivity contribution is -0.142. The van der Waals surface area contributed by atoms with E-state index in [-0.39, 0.29) is 30.8 Å². The molecule has 0 atom stereocenters. The smallest absolute Gasteiger partial charge is 0.329 e. The largest absolute Gasteiger partial charge is 0.480 e. The van der Waals surface area contributed by atoms with Gasteiger partial charge in [-0.1, -0.05) is 24.9 Å². The van der Waals surface area contributed by atoms with Crippen molar-refractivity contribution in [3.63, 3.8) is 0 Å². The Balaban J connectivity index is 2.48. The molecule has 1 heterocycles. The molecule has 0 fully saturated rings. The fourth-order valence-electron chi connectivity index (χ4n) is 1.56. The van der Waals surface area contributed by atoms with E-state index in [4.69, 9.17) is 21.4 Å². The Morgan fingerprint density at radius 2 is 2.20 bits per heavy atom. The van der Waals surface area contributed by atoms with Gasteiger partial charge in [0.2, 0.25) is 0 Å². The molecule has 1 aromatic rings. The minimum absolute atomic E-state index is 0.138. The van der Waals surface area contributed by atoms with Crippen molar-refractivity contribution in [1.82, 2.24) is 10.3 Å². The number of carbonyl (C=O) groups excluding carboxylic acids is 1. The standard InChI is InChI=1S/C13H17ClN2O4/c1-2-3-10-6-9(7-11(14)16-10)13(19)15-4-5-20-8-12(17)18/h6-7H,2-5,8H2,1H3,(H,15,19)(H,17,18). The molecule has 1 rings (SSSR count). The molecular formula is C13H17ClN2O4. The second-order valence-electron chi connectivity index (χ2n) is 4.12. The van der Waals surface area contributed by atoms with E-state index < -0.39 is 5.97 Å². The number of carbonyl (C=O) groups is 2. The zero-order chi connectivity index (χ0) is 15.0. The third-order valence-electron chi connectivity index (χ3n) is 2.37. The molecule has 7 heteroatoms. The highest BCUT2D eigenvalue weighted by Crippen LogP contribution is 2.12. The normalized spacial score (nSPS) is 10.3. The SMILES string of the molecule is CCCc1cc(C(=O)NCCOCC(=O)O)cc(Cl)n1. The van der Waals surface area contributed by atoms with Crippen LogP contribution in [0.5, 0.6) is 0 Å². The van der Waals surface area contributed by atoms with Gasteiger partial charge in [-0.25, -0.2) is 9.78 Å². The molecule has 20 heavy (non-hydrogen) atoms. The number of halogens is 1. The average Bonchev–Trinajstić information content (AvgIpc) is 2.37. The summed E-state index contributed by atoms with van der Waals surface area (Å²) in [7, 11) is 0. The molecule has 0 bridgehead atoms. The Bertz CT molecular complexity index is 479. The zero-order valence-electron chi connectivity index (χ0n) is 11.2. The topological polar surface area (TPSA) is 88.5 Å². The number of pyridine rings is 1. The van der Waals surface area contributed by atoms with Gasteiger partial charge in [-0.15, -0.1) is 0 Å². The third kappa shape index (κ3) is 5.99. The summed E-state index contributed by atoms with van der Waals surface area (Å²) >= 11 is 5.87. The summed E-state index contributed by atoms with van der Waals surface area (Å²) in [5.74, 6) is -1.33. The zero-order valence-corrected chi connectivity index (χ0v) is 11.9. The number of carboxylic acid groups (broad SMARTS) is 1.